The molecule has 1 aliphatic rings. The van der Waals surface area contributed by atoms with E-state index in [1.807, 2.05) is 36.1 Å². The van der Waals surface area contributed by atoms with Crippen molar-refractivity contribution in [3.05, 3.63) is 28.7 Å². The summed E-state index contributed by atoms with van der Waals surface area (Å²) in [6, 6.07) is 7.98. The summed E-state index contributed by atoms with van der Waals surface area (Å²) in [5, 5.41) is 0. The first-order valence-electron chi connectivity index (χ1n) is 7.38. The monoisotopic (exact) mass is 339 g/mol. The van der Waals surface area contributed by atoms with Crippen molar-refractivity contribution >= 4 is 21.8 Å². The van der Waals surface area contributed by atoms with Gasteiger partial charge in [-0.05, 0) is 44.0 Å². The molecule has 0 heterocycles. The summed E-state index contributed by atoms with van der Waals surface area (Å²) < 4.78 is 6.59. The van der Waals surface area contributed by atoms with Gasteiger partial charge in [0.25, 0.3) is 5.91 Å². The fourth-order valence-corrected chi connectivity index (χ4v) is 3.05. The number of rotatable bonds is 5. The standard InChI is InChI=1S/C16H22BrNO2/c1-2-18(14-6-4-3-5-7-14)16(19)12-20-15-10-8-13(17)9-11-15/h8-11,14H,2-7,12H2,1H3. The van der Waals surface area contributed by atoms with Crippen LogP contribution in [0.5, 0.6) is 5.75 Å². The molecule has 1 aromatic rings. The maximum absolute atomic E-state index is 12.3. The molecule has 1 amide bonds. The van der Waals surface area contributed by atoms with Crippen molar-refractivity contribution < 1.29 is 9.53 Å². The number of benzene rings is 1. The molecule has 3 nitrogen and oxygen atoms in total. The number of halogens is 1. The second-order valence-corrected chi connectivity index (χ2v) is 6.13. The Morgan fingerprint density at radius 2 is 1.90 bits per heavy atom. The zero-order valence-corrected chi connectivity index (χ0v) is 13.6. The third-order valence-corrected chi connectivity index (χ3v) is 4.38. The summed E-state index contributed by atoms with van der Waals surface area (Å²) in [7, 11) is 0. The van der Waals surface area contributed by atoms with E-state index in [-0.39, 0.29) is 12.5 Å². The van der Waals surface area contributed by atoms with Gasteiger partial charge in [-0.25, -0.2) is 0 Å². The molecule has 0 aliphatic heterocycles. The fraction of sp³-hybridized carbons (Fsp3) is 0.562. The summed E-state index contributed by atoms with van der Waals surface area (Å²) in [6.45, 7) is 2.95. The number of hydrogen-bond acceptors (Lipinski definition) is 2. The summed E-state index contributed by atoms with van der Waals surface area (Å²) in [5.41, 5.74) is 0. The highest BCUT2D eigenvalue weighted by Gasteiger charge is 2.24. The Labute approximate surface area is 129 Å². The Balaban J connectivity index is 1.87. The number of nitrogens with zero attached hydrogens (tertiary/aromatic N) is 1. The van der Waals surface area contributed by atoms with Gasteiger partial charge in [-0.15, -0.1) is 0 Å². The lowest BCUT2D eigenvalue weighted by molar-refractivity contribution is -0.136. The van der Waals surface area contributed by atoms with Gasteiger partial charge in [-0.3, -0.25) is 4.79 Å². The second kappa shape index (κ2) is 7.67. The molecule has 0 aromatic heterocycles. The highest BCUT2D eigenvalue weighted by atomic mass is 79.9. The van der Waals surface area contributed by atoms with E-state index in [0.717, 1.165) is 29.6 Å². The Bertz CT molecular complexity index is 427. The number of amides is 1. The quantitative estimate of drug-likeness (QED) is 0.811. The van der Waals surface area contributed by atoms with Crippen LogP contribution in [-0.4, -0.2) is 30.0 Å². The van der Waals surface area contributed by atoms with Crippen molar-refractivity contribution in [2.75, 3.05) is 13.2 Å². The molecule has 4 heteroatoms. The molecule has 0 bridgehead atoms. The van der Waals surface area contributed by atoms with Crippen molar-refractivity contribution in [1.82, 2.24) is 4.90 Å². The molecule has 0 unspecified atom stereocenters. The Morgan fingerprint density at radius 1 is 1.25 bits per heavy atom. The highest BCUT2D eigenvalue weighted by Crippen LogP contribution is 2.23. The molecule has 0 atom stereocenters. The maximum atomic E-state index is 12.3. The third-order valence-electron chi connectivity index (χ3n) is 3.85. The summed E-state index contributed by atoms with van der Waals surface area (Å²) in [5.74, 6) is 0.837. The van der Waals surface area contributed by atoms with Gasteiger partial charge in [0.2, 0.25) is 0 Å². The van der Waals surface area contributed by atoms with Crippen LogP contribution in [0.15, 0.2) is 28.7 Å². The van der Waals surface area contributed by atoms with E-state index in [1.54, 1.807) is 0 Å². The van der Waals surface area contributed by atoms with Crippen LogP contribution in [0.4, 0.5) is 0 Å². The van der Waals surface area contributed by atoms with Crippen molar-refractivity contribution in [3.8, 4) is 5.75 Å². The van der Waals surface area contributed by atoms with Crippen LogP contribution >= 0.6 is 15.9 Å². The van der Waals surface area contributed by atoms with E-state index < -0.39 is 0 Å². The Morgan fingerprint density at radius 3 is 2.50 bits per heavy atom. The number of hydrogen-bond donors (Lipinski definition) is 0. The number of likely N-dealkylation sites (N-methyl/N-ethyl adjacent to an activating group) is 1. The molecule has 1 aliphatic carbocycles. The van der Waals surface area contributed by atoms with Gasteiger partial charge in [-0.2, -0.15) is 0 Å². The van der Waals surface area contributed by atoms with Crippen LogP contribution < -0.4 is 4.74 Å². The topological polar surface area (TPSA) is 29.5 Å². The van der Waals surface area contributed by atoms with Crippen LogP contribution in [0.25, 0.3) is 0 Å². The first kappa shape index (κ1) is 15.4. The van der Waals surface area contributed by atoms with Gasteiger partial charge in [0.05, 0.1) is 0 Å². The minimum Gasteiger partial charge on any atom is -0.484 e. The van der Waals surface area contributed by atoms with E-state index >= 15 is 0 Å². The van der Waals surface area contributed by atoms with Crippen molar-refractivity contribution in [2.45, 2.75) is 45.1 Å². The van der Waals surface area contributed by atoms with E-state index in [9.17, 15) is 4.79 Å². The predicted molar refractivity (Wildman–Crippen MR) is 83.9 cm³/mol. The molecule has 0 radical (unpaired) electrons. The summed E-state index contributed by atoms with van der Waals surface area (Å²) in [4.78, 5) is 14.3. The van der Waals surface area contributed by atoms with Crippen LogP contribution in [0.1, 0.15) is 39.0 Å². The molecule has 1 aromatic carbocycles. The van der Waals surface area contributed by atoms with E-state index in [1.165, 1.54) is 19.3 Å². The predicted octanol–water partition coefficient (Wildman–Crippen LogP) is 4.01. The fourth-order valence-electron chi connectivity index (χ4n) is 2.79. The zero-order chi connectivity index (χ0) is 14.4. The van der Waals surface area contributed by atoms with Gasteiger partial charge >= 0.3 is 0 Å². The van der Waals surface area contributed by atoms with Crippen molar-refractivity contribution in [2.24, 2.45) is 0 Å². The molecule has 0 saturated heterocycles. The lowest BCUT2D eigenvalue weighted by Gasteiger charge is -2.33. The second-order valence-electron chi connectivity index (χ2n) is 5.21. The first-order chi connectivity index (χ1) is 9.70. The molecule has 0 spiro atoms. The Kier molecular flexibility index (Phi) is 5.89. The largest absolute Gasteiger partial charge is 0.484 e. The van der Waals surface area contributed by atoms with E-state index in [0.29, 0.717) is 6.04 Å². The molecule has 1 fully saturated rings. The van der Waals surface area contributed by atoms with Gasteiger partial charge in [0, 0.05) is 17.1 Å². The molecule has 2 rings (SSSR count). The van der Waals surface area contributed by atoms with Crippen molar-refractivity contribution in [3.63, 3.8) is 0 Å². The third kappa shape index (κ3) is 4.23. The number of ether oxygens (including phenoxy) is 1. The molecular weight excluding hydrogens is 318 g/mol. The zero-order valence-electron chi connectivity index (χ0n) is 12.0. The average molecular weight is 340 g/mol. The highest BCUT2D eigenvalue weighted by molar-refractivity contribution is 9.10. The van der Waals surface area contributed by atoms with Gasteiger partial charge < -0.3 is 9.64 Å². The first-order valence-corrected chi connectivity index (χ1v) is 8.18. The molecule has 0 N–H and O–H groups in total. The molecule has 20 heavy (non-hydrogen) atoms. The van der Waals surface area contributed by atoms with Crippen LogP contribution in [-0.2, 0) is 4.79 Å². The van der Waals surface area contributed by atoms with E-state index in [2.05, 4.69) is 15.9 Å². The average Bonchev–Trinajstić information content (AvgIpc) is 2.48. The maximum Gasteiger partial charge on any atom is 0.260 e. The minimum atomic E-state index is 0.0994. The van der Waals surface area contributed by atoms with Gasteiger partial charge in [0.15, 0.2) is 6.61 Å². The normalized spacial score (nSPS) is 15.9. The lowest BCUT2D eigenvalue weighted by Crippen LogP contribution is -2.43. The van der Waals surface area contributed by atoms with Crippen LogP contribution in [0, 0.1) is 0 Å². The summed E-state index contributed by atoms with van der Waals surface area (Å²) >= 11 is 3.38. The number of carbonyl (C=O) groups is 1. The number of carbonyl (C=O) groups excluding carboxylic acids is 1. The molecule has 1 saturated carbocycles. The van der Waals surface area contributed by atoms with Crippen LogP contribution in [0.3, 0.4) is 0 Å². The molecular formula is C16H22BrNO2. The minimum absolute atomic E-state index is 0.0994. The van der Waals surface area contributed by atoms with Crippen molar-refractivity contribution in [1.29, 1.82) is 0 Å². The van der Waals surface area contributed by atoms with Gasteiger partial charge in [-0.1, -0.05) is 35.2 Å². The van der Waals surface area contributed by atoms with Gasteiger partial charge in [0.1, 0.15) is 5.75 Å². The Hall–Kier alpha value is -1.03. The smallest absolute Gasteiger partial charge is 0.260 e. The molecule has 110 valence electrons. The summed E-state index contributed by atoms with van der Waals surface area (Å²) in [6.07, 6.45) is 6.05. The SMILES string of the molecule is CCN(C(=O)COc1ccc(Br)cc1)C1CCCCC1. The van der Waals surface area contributed by atoms with Crippen LogP contribution in [0.2, 0.25) is 0 Å². The lowest BCUT2D eigenvalue weighted by atomic mass is 9.94. The van der Waals surface area contributed by atoms with E-state index in [4.69, 9.17) is 4.74 Å².